The first-order valence-corrected chi connectivity index (χ1v) is 5.53. The zero-order valence-electron chi connectivity index (χ0n) is 9.40. The Bertz CT molecular complexity index is 229. The fourth-order valence-corrected chi connectivity index (χ4v) is 2.42. The van der Waals surface area contributed by atoms with Crippen LogP contribution >= 0.6 is 0 Å². The number of rotatable bonds is 4. The van der Waals surface area contributed by atoms with Crippen molar-refractivity contribution in [1.82, 2.24) is 0 Å². The van der Waals surface area contributed by atoms with Crippen LogP contribution in [0.2, 0.25) is 0 Å². The van der Waals surface area contributed by atoms with Crippen LogP contribution in [-0.4, -0.2) is 35.0 Å². The Morgan fingerprint density at radius 1 is 1.53 bits per heavy atom. The smallest absolute Gasteiger partial charge is 0.336 e. The molecule has 1 rings (SSSR count). The van der Waals surface area contributed by atoms with E-state index in [9.17, 15) is 9.90 Å². The topological polar surface area (TPSA) is 66.8 Å². The van der Waals surface area contributed by atoms with Gasteiger partial charge in [0.25, 0.3) is 0 Å². The van der Waals surface area contributed by atoms with E-state index in [1.54, 1.807) is 0 Å². The van der Waals surface area contributed by atoms with Crippen LogP contribution in [0.1, 0.15) is 33.1 Å². The summed E-state index contributed by atoms with van der Waals surface area (Å²) in [6.07, 6.45) is 2.48. The van der Waals surface area contributed by atoms with Crippen LogP contribution < -0.4 is 0 Å². The number of ether oxygens (including phenoxy) is 1. The Hall–Kier alpha value is -0.610. The second kappa shape index (κ2) is 4.94. The fourth-order valence-electron chi connectivity index (χ4n) is 2.42. The van der Waals surface area contributed by atoms with Crippen molar-refractivity contribution < 1.29 is 19.7 Å². The van der Waals surface area contributed by atoms with Crippen LogP contribution in [0.3, 0.4) is 0 Å². The zero-order chi connectivity index (χ0) is 11.5. The van der Waals surface area contributed by atoms with Gasteiger partial charge in [-0.2, -0.15) is 0 Å². The monoisotopic (exact) mass is 216 g/mol. The molecule has 1 fully saturated rings. The second-order valence-electron chi connectivity index (χ2n) is 4.42. The van der Waals surface area contributed by atoms with Gasteiger partial charge >= 0.3 is 5.97 Å². The van der Waals surface area contributed by atoms with Crippen LogP contribution in [0.4, 0.5) is 0 Å². The highest BCUT2D eigenvalue weighted by atomic mass is 16.5. The van der Waals surface area contributed by atoms with Gasteiger partial charge in [0.05, 0.1) is 13.2 Å². The van der Waals surface area contributed by atoms with Gasteiger partial charge in [-0.3, -0.25) is 0 Å². The number of carboxylic acids is 1. The van der Waals surface area contributed by atoms with Crippen LogP contribution in [0, 0.1) is 11.8 Å². The Morgan fingerprint density at radius 3 is 2.73 bits per heavy atom. The number of hydrogen-bond acceptors (Lipinski definition) is 3. The molecule has 2 N–H and O–H groups in total. The van der Waals surface area contributed by atoms with Crippen molar-refractivity contribution in [3.63, 3.8) is 0 Å². The standard InChI is InChI=1S/C11H20O4/c1-8-4-3-5-11(9(8)2,10(13)14)15-7-6-12/h8-9,12H,3-7H2,1-2H3,(H,13,14). The molecule has 0 aromatic heterocycles. The molecule has 4 heteroatoms. The van der Waals surface area contributed by atoms with E-state index in [-0.39, 0.29) is 19.1 Å². The third-order valence-electron chi connectivity index (χ3n) is 3.61. The quantitative estimate of drug-likeness (QED) is 0.742. The van der Waals surface area contributed by atoms with Crippen LogP contribution in [-0.2, 0) is 9.53 Å². The molecular formula is C11H20O4. The summed E-state index contributed by atoms with van der Waals surface area (Å²) in [5, 5.41) is 18.0. The molecule has 0 bridgehead atoms. The molecule has 3 atom stereocenters. The van der Waals surface area contributed by atoms with Gasteiger partial charge < -0.3 is 14.9 Å². The van der Waals surface area contributed by atoms with Crippen molar-refractivity contribution >= 4 is 5.97 Å². The maximum Gasteiger partial charge on any atom is 0.336 e. The molecular weight excluding hydrogens is 196 g/mol. The summed E-state index contributed by atoms with van der Waals surface area (Å²) in [5.74, 6) is -0.543. The number of aliphatic carboxylic acids is 1. The number of aliphatic hydroxyl groups excluding tert-OH is 1. The lowest BCUT2D eigenvalue weighted by Gasteiger charge is -2.42. The fraction of sp³-hybridized carbons (Fsp3) is 0.909. The molecule has 0 aromatic rings. The number of hydrogen-bond donors (Lipinski definition) is 2. The highest BCUT2D eigenvalue weighted by Gasteiger charge is 2.48. The minimum absolute atomic E-state index is 0.00435. The third kappa shape index (κ3) is 2.32. The average Bonchev–Trinajstić information content (AvgIpc) is 2.20. The third-order valence-corrected chi connectivity index (χ3v) is 3.61. The molecule has 0 saturated heterocycles. The molecule has 0 spiro atoms. The van der Waals surface area contributed by atoms with Gasteiger partial charge in [-0.15, -0.1) is 0 Å². The van der Waals surface area contributed by atoms with E-state index >= 15 is 0 Å². The second-order valence-corrected chi connectivity index (χ2v) is 4.42. The van der Waals surface area contributed by atoms with E-state index < -0.39 is 11.6 Å². The predicted molar refractivity (Wildman–Crippen MR) is 55.6 cm³/mol. The summed E-state index contributed by atoms with van der Waals surface area (Å²) in [7, 11) is 0. The molecule has 1 aliphatic carbocycles. The van der Waals surface area contributed by atoms with Gasteiger partial charge in [0, 0.05) is 0 Å². The summed E-state index contributed by atoms with van der Waals surface area (Å²) >= 11 is 0. The van der Waals surface area contributed by atoms with Crippen molar-refractivity contribution in [2.24, 2.45) is 11.8 Å². The van der Waals surface area contributed by atoms with E-state index in [0.29, 0.717) is 12.3 Å². The molecule has 1 saturated carbocycles. The van der Waals surface area contributed by atoms with Gasteiger partial charge in [-0.25, -0.2) is 4.79 Å². The summed E-state index contributed by atoms with van der Waals surface area (Å²) in [6, 6.07) is 0. The lowest BCUT2D eigenvalue weighted by Crippen LogP contribution is -2.52. The summed E-state index contributed by atoms with van der Waals surface area (Å²) < 4.78 is 5.41. The highest BCUT2D eigenvalue weighted by Crippen LogP contribution is 2.40. The summed E-state index contributed by atoms with van der Waals surface area (Å²) in [6.45, 7) is 3.96. The van der Waals surface area contributed by atoms with E-state index in [1.807, 2.05) is 6.92 Å². The molecule has 1 aliphatic rings. The molecule has 0 aliphatic heterocycles. The predicted octanol–water partition coefficient (Wildman–Crippen LogP) is 1.27. The average molecular weight is 216 g/mol. The molecule has 15 heavy (non-hydrogen) atoms. The first kappa shape index (κ1) is 12.5. The molecule has 4 nitrogen and oxygen atoms in total. The number of carbonyl (C=O) groups is 1. The van der Waals surface area contributed by atoms with Crippen molar-refractivity contribution in [2.45, 2.75) is 38.7 Å². The van der Waals surface area contributed by atoms with Gasteiger partial charge in [0.1, 0.15) is 0 Å². The van der Waals surface area contributed by atoms with Gasteiger partial charge in [-0.1, -0.05) is 20.3 Å². The first-order chi connectivity index (χ1) is 7.04. The van der Waals surface area contributed by atoms with Crippen molar-refractivity contribution in [3.05, 3.63) is 0 Å². The minimum atomic E-state index is -1.08. The van der Waals surface area contributed by atoms with Gasteiger partial charge in [-0.05, 0) is 24.7 Å². The Balaban J connectivity index is 2.82. The lowest BCUT2D eigenvalue weighted by molar-refractivity contribution is -0.185. The Kier molecular flexibility index (Phi) is 4.11. The Morgan fingerprint density at radius 2 is 2.20 bits per heavy atom. The van der Waals surface area contributed by atoms with Crippen molar-refractivity contribution in [2.75, 3.05) is 13.2 Å². The highest BCUT2D eigenvalue weighted by molar-refractivity contribution is 5.78. The summed E-state index contributed by atoms with van der Waals surface area (Å²) in [5.41, 5.74) is -1.08. The van der Waals surface area contributed by atoms with Crippen LogP contribution in [0.5, 0.6) is 0 Å². The first-order valence-electron chi connectivity index (χ1n) is 5.53. The van der Waals surface area contributed by atoms with Crippen molar-refractivity contribution in [3.8, 4) is 0 Å². The normalized spacial score (nSPS) is 36.5. The van der Waals surface area contributed by atoms with Crippen molar-refractivity contribution in [1.29, 1.82) is 0 Å². The van der Waals surface area contributed by atoms with Gasteiger partial charge in [0.2, 0.25) is 0 Å². The minimum Gasteiger partial charge on any atom is -0.479 e. The number of carboxylic acid groups (broad SMARTS) is 1. The summed E-state index contributed by atoms with van der Waals surface area (Å²) in [4.78, 5) is 11.3. The maximum absolute atomic E-state index is 11.3. The largest absolute Gasteiger partial charge is 0.479 e. The molecule has 0 heterocycles. The van der Waals surface area contributed by atoms with E-state index in [0.717, 1.165) is 12.8 Å². The zero-order valence-corrected chi connectivity index (χ0v) is 9.40. The molecule has 3 unspecified atom stereocenters. The molecule has 0 aromatic carbocycles. The van der Waals surface area contributed by atoms with Crippen LogP contribution in [0.15, 0.2) is 0 Å². The molecule has 0 radical (unpaired) electrons. The SMILES string of the molecule is CC1CCCC(OCCO)(C(=O)O)C1C. The van der Waals surface area contributed by atoms with E-state index in [1.165, 1.54) is 0 Å². The van der Waals surface area contributed by atoms with E-state index in [4.69, 9.17) is 9.84 Å². The van der Waals surface area contributed by atoms with E-state index in [2.05, 4.69) is 6.92 Å². The molecule has 88 valence electrons. The lowest BCUT2D eigenvalue weighted by atomic mass is 9.70. The molecule has 0 amide bonds. The maximum atomic E-state index is 11.3. The Labute approximate surface area is 90.2 Å². The van der Waals surface area contributed by atoms with Crippen LogP contribution in [0.25, 0.3) is 0 Å². The van der Waals surface area contributed by atoms with Gasteiger partial charge in [0.15, 0.2) is 5.60 Å². The number of aliphatic hydroxyl groups is 1.